The van der Waals surface area contributed by atoms with Crippen LogP contribution in [-0.2, 0) is 29.9 Å². The Balaban J connectivity index is 1.52. The number of allylic oxidation sites excluding steroid dienone is 1. The van der Waals surface area contributed by atoms with Crippen molar-refractivity contribution >= 4 is 75.8 Å². The Kier molecular flexibility index (Phi) is 8.80. The van der Waals surface area contributed by atoms with E-state index in [1.807, 2.05) is 24.3 Å². The number of nitrogens with one attached hydrogen (secondary N) is 1. The highest BCUT2D eigenvalue weighted by Crippen LogP contribution is 2.41. The normalized spacial score (nSPS) is 23.0. The van der Waals surface area contributed by atoms with Crippen LogP contribution in [0.5, 0.6) is 0 Å². The van der Waals surface area contributed by atoms with Crippen molar-refractivity contribution in [3.05, 3.63) is 52.7 Å². The van der Waals surface area contributed by atoms with Gasteiger partial charge in [0.05, 0.1) is 0 Å². The SMILES string of the molecule is CC(C)(O/N=C(\C(=O)N[C@@H]1C(=O)N2C(C(=O)O)=C(/C=C/c3ccc(CCl)cc3)CS[C@@H]12)C1CSC(N)=N1)C(=O)O. The highest BCUT2D eigenvalue weighted by molar-refractivity contribution is 8.14. The lowest BCUT2D eigenvalue weighted by Crippen LogP contribution is -2.71. The number of carbonyl (C=O) groups excluding carboxylic acids is 2. The lowest BCUT2D eigenvalue weighted by molar-refractivity contribution is -0.161. The summed E-state index contributed by atoms with van der Waals surface area (Å²) >= 11 is 8.31. The van der Waals surface area contributed by atoms with Gasteiger partial charge >= 0.3 is 11.9 Å². The summed E-state index contributed by atoms with van der Waals surface area (Å²) in [5.41, 5.74) is 5.84. The molecule has 3 aliphatic heterocycles. The molecule has 15 heteroatoms. The minimum Gasteiger partial charge on any atom is -0.478 e. The van der Waals surface area contributed by atoms with Gasteiger partial charge in [0.1, 0.15) is 23.2 Å². The average molecular weight is 608 g/mol. The Labute approximate surface area is 242 Å². The van der Waals surface area contributed by atoms with Crippen LogP contribution in [0.3, 0.4) is 0 Å². The summed E-state index contributed by atoms with van der Waals surface area (Å²) < 4.78 is 0. The van der Waals surface area contributed by atoms with E-state index in [0.29, 0.717) is 11.5 Å². The number of nitrogens with two attached hydrogens (primary N) is 1. The largest absolute Gasteiger partial charge is 0.478 e. The quantitative estimate of drug-likeness (QED) is 0.132. The first-order chi connectivity index (χ1) is 18.9. The Morgan fingerprint density at radius 2 is 1.98 bits per heavy atom. The van der Waals surface area contributed by atoms with Crippen LogP contribution in [0.25, 0.3) is 6.08 Å². The molecule has 0 spiro atoms. The third kappa shape index (κ3) is 6.13. The summed E-state index contributed by atoms with van der Waals surface area (Å²) in [6, 6.07) is 5.60. The Bertz CT molecular complexity index is 1360. The van der Waals surface area contributed by atoms with Crippen molar-refractivity contribution in [1.82, 2.24) is 10.2 Å². The van der Waals surface area contributed by atoms with Crippen LogP contribution in [0.2, 0.25) is 0 Å². The molecule has 3 aliphatic rings. The Hall–Kier alpha value is -3.49. The van der Waals surface area contributed by atoms with Crippen LogP contribution in [0.1, 0.15) is 25.0 Å². The summed E-state index contributed by atoms with van der Waals surface area (Å²) in [5.74, 6) is -3.02. The molecule has 1 aromatic carbocycles. The molecule has 0 bridgehead atoms. The molecule has 1 fully saturated rings. The number of carboxylic acid groups (broad SMARTS) is 2. The smallest absolute Gasteiger partial charge is 0.352 e. The highest BCUT2D eigenvalue weighted by atomic mass is 35.5. The summed E-state index contributed by atoms with van der Waals surface area (Å²) in [7, 11) is 0. The molecule has 0 aliphatic carbocycles. The van der Waals surface area contributed by atoms with E-state index in [9.17, 15) is 29.4 Å². The topological polar surface area (TPSA) is 184 Å². The minimum absolute atomic E-state index is 0.155. The number of hydrogen-bond donors (Lipinski definition) is 4. The predicted molar refractivity (Wildman–Crippen MR) is 153 cm³/mol. The van der Waals surface area contributed by atoms with E-state index in [1.54, 1.807) is 12.2 Å². The number of halogens is 1. The van der Waals surface area contributed by atoms with E-state index in [1.165, 1.54) is 37.4 Å². The number of nitrogens with zero attached hydrogens (tertiary/aromatic N) is 3. The Morgan fingerprint density at radius 3 is 2.55 bits per heavy atom. The van der Waals surface area contributed by atoms with E-state index in [-0.39, 0.29) is 28.1 Å². The van der Waals surface area contributed by atoms with Gasteiger partial charge in [0, 0.05) is 17.4 Å². The number of oxime groups is 1. The van der Waals surface area contributed by atoms with Crippen molar-refractivity contribution in [2.45, 2.75) is 42.8 Å². The van der Waals surface area contributed by atoms with Crippen LogP contribution < -0.4 is 11.1 Å². The van der Waals surface area contributed by atoms with E-state index in [0.717, 1.165) is 16.0 Å². The maximum absolute atomic E-state index is 13.2. The second kappa shape index (κ2) is 11.9. The van der Waals surface area contributed by atoms with Gasteiger partial charge in [-0.2, -0.15) is 0 Å². The van der Waals surface area contributed by atoms with Gasteiger partial charge in [-0.1, -0.05) is 53.3 Å². The molecule has 2 amide bonds. The average Bonchev–Trinajstić information content (AvgIpc) is 3.35. The van der Waals surface area contributed by atoms with Gasteiger partial charge in [-0.15, -0.1) is 23.4 Å². The third-order valence-electron chi connectivity index (χ3n) is 6.21. The standard InChI is InChI=1S/C25H26ClN5O7S2/c1-25(2,23(36)37)38-30-16(15-11-40-24(27)28-15)19(32)29-17-20(33)31-18(22(34)35)14(10-39-21(17)31)8-7-12-3-5-13(9-26)6-4-12/h3-8,15,17,21H,9-11H2,1-2H3,(H2,27,28)(H,29,32)(H,34,35)(H,36,37)/b8-7+,30-16-/t15?,17-,21+/m1/s1. The molecule has 40 heavy (non-hydrogen) atoms. The number of hydrogen-bond acceptors (Lipinski definition) is 10. The zero-order valence-electron chi connectivity index (χ0n) is 21.4. The van der Waals surface area contributed by atoms with Crippen molar-refractivity contribution in [1.29, 1.82) is 0 Å². The van der Waals surface area contributed by atoms with Crippen molar-refractivity contribution in [2.24, 2.45) is 15.9 Å². The summed E-state index contributed by atoms with van der Waals surface area (Å²) in [6.45, 7) is 2.53. The van der Waals surface area contributed by atoms with Gasteiger partial charge in [0.25, 0.3) is 11.8 Å². The molecule has 1 aromatic rings. The number of β-lactam (4-membered cyclic amide) rings is 1. The Morgan fingerprint density at radius 1 is 1.27 bits per heavy atom. The number of fused-ring (bicyclic) bond motifs is 1. The van der Waals surface area contributed by atoms with Gasteiger partial charge in [-0.25, -0.2) is 9.59 Å². The molecule has 1 unspecified atom stereocenters. The fourth-order valence-electron chi connectivity index (χ4n) is 3.89. The van der Waals surface area contributed by atoms with E-state index in [2.05, 4.69) is 15.5 Å². The monoisotopic (exact) mass is 607 g/mol. The number of amides is 2. The van der Waals surface area contributed by atoms with Crippen molar-refractivity contribution in [2.75, 3.05) is 11.5 Å². The predicted octanol–water partition coefficient (Wildman–Crippen LogP) is 1.84. The lowest BCUT2D eigenvalue weighted by Gasteiger charge is -2.49. The van der Waals surface area contributed by atoms with Gasteiger partial charge in [0.2, 0.25) is 5.60 Å². The molecule has 3 atom stereocenters. The third-order valence-corrected chi connectivity index (χ3v) is 8.70. The second-order valence-electron chi connectivity index (χ2n) is 9.43. The van der Waals surface area contributed by atoms with Crippen LogP contribution >= 0.6 is 35.1 Å². The molecular formula is C25H26ClN5O7S2. The number of rotatable bonds is 10. The van der Waals surface area contributed by atoms with Crippen molar-refractivity contribution < 1.29 is 34.2 Å². The number of aliphatic imine (C=N–C) groups is 1. The number of aliphatic carboxylic acids is 2. The molecule has 0 radical (unpaired) electrons. The number of amidine groups is 1. The van der Waals surface area contributed by atoms with Crippen LogP contribution in [0, 0.1) is 0 Å². The lowest BCUT2D eigenvalue weighted by atomic mass is 10.0. The molecular weight excluding hydrogens is 582 g/mol. The van der Waals surface area contributed by atoms with E-state index in [4.69, 9.17) is 22.2 Å². The van der Waals surface area contributed by atoms with Crippen LogP contribution in [0.15, 0.2) is 51.8 Å². The molecule has 1 saturated heterocycles. The summed E-state index contributed by atoms with van der Waals surface area (Å²) in [6.07, 6.45) is 3.42. The van der Waals surface area contributed by atoms with E-state index >= 15 is 0 Å². The number of benzene rings is 1. The molecule has 0 saturated carbocycles. The van der Waals surface area contributed by atoms with E-state index < -0.39 is 46.8 Å². The molecule has 12 nitrogen and oxygen atoms in total. The van der Waals surface area contributed by atoms with Crippen LogP contribution in [-0.4, -0.2) is 84.3 Å². The first-order valence-electron chi connectivity index (χ1n) is 11.9. The second-order valence-corrected chi connectivity index (χ2v) is 11.8. The maximum atomic E-state index is 13.2. The first-order valence-corrected chi connectivity index (χ1v) is 14.5. The van der Waals surface area contributed by atoms with Gasteiger partial charge in [-0.3, -0.25) is 19.5 Å². The van der Waals surface area contributed by atoms with Gasteiger partial charge in [0.15, 0.2) is 10.9 Å². The van der Waals surface area contributed by atoms with Gasteiger partial charge in [-0.05, 0) is 30.5 Å². The fraction of sp³-hybridized carbons (Fsp3) is 0.360. The first kappa shape index (κ1) is 29.5. The fourth-order valence-corrected chi connectivity index (χ4v) is 6.15. The molecule has 212 valence electrons. The molecule has 3 heterocycles. The van der Waals surface area contributed by atoms with Crippen molar-refractivity contribution in [3.8, 4) is 0 Å². The minimum atomic E-state index is -1.73. The number of carbonyl (C=O) groups is 4. The number of carboxylic acids is 2. The summed E-state index contributed by atoms with van der Waals surface area (Å²) in [4.78, 5) is 60.3. The zero-order valence-corrected chi connectivity index (χ0v) is 23.8. The number of alkyl halides is 1. The molecule has 0 aromatic heterocycles. The molecule has 4 rings (SSSR count). The van der Waals surface area contributed by atoms with Gasteiger partial charge < -0.3 is 26.1 Å². The van der Waals surface area contributed by atoms with Crippen LogP contribution in [0.4, 0.5) is 0 Å². The number of thioether (sulfide) groups is 2. The maximum Gasteiger partial charge on any atom is 0.352 e. The summed E-state index contributed by atoms with van der Waals surface area (Å²) in [5, 5.41) is 25.2. The molecule has 5 N–H and O–H groups in total. The van der Waals surface area contributed by atoms with Crippen molar-refractivity contribution in [3.63, 3.8) is 0 Å². The zero-order chi connectivity index (χ0) is 29.2. The highest BCUT2D eigenvalue weighted by Gasteiger charge is 2.54.